The molecular weight excluding hydrogens is 416 g/mol. The fraction of sp³-hybridized carbons (Fsp3) is 0.706. The average Bonchev–Trinajstić information content (AvgIpc) is 2.60. The summed E-state index contributed by atoms with van der Waals surface area (Å²) in [7, 11) is 0. The summed E-state index contributed by atoms with van der Waals surface area (Å²) in [5.41, 5.74) is 25.5. The molecular formula is C17H36N6O8. The van der Waals surface area contributed by atoms with Crippen molar-refractivity contribution in [3.05, 3.63) is 0 Å². The number of hydrogen-bond acceptors (Lipinski definition) is 8. The number of hydrogen-bond donors (Lipinski definition) is 9. The molecule has 0 radical (unpaired) electrons. The third-order valence-electron chi connectivity index (χ3n) is 3.29. The van der Waals surface area contributed by atoms with Crippen molar-refractivity contribution < 1.29 is 39.6 Å². The summed E-state index contributed by atoms with van der Waals surface area (Å²) < 4.78 is 0. The van der Waals surface area contributed by atoms with Gasteiger partial charge in [-0.25, -0.2) is 0 Å². The van der Waals surface area contributed by atoms with Crippen molar-refractivity contribution in [3.63, 3.8) is 0 Å². The van der Waals surface area contributed by atoms with Crippen LogP contribution in [0.5, 0.6) is 0 Å². The van der Waals surface area contributed by atoms with Gasteiger partial charge in [-0.05, 0) is 31.6 Å². The Bertz CT molecular complexity index is 581. The molecule has 0 fully saturated rings. The van der Waals surface area contributed by atoms with Crippen LogP contribution in [0.4, 0.5) is 0 Å². The summed E-state index contributed by atoms with van der Waals surface area (Å²) in [6.45, 7) is 4.42. The Labute approximate surface area is 180 Å². The first-order valence-corrected chi connectivity index (χ1v) is 9.34. The van der Waals surface area contributed by atoms with Gasteiger partial charge in [0.2, 0.25) is 0 Å². The minimum absolute atomic E-state index is 0.0579. The van der Waals surface area contributed by atoms with E-state index in [-0.39, 0.29) is 5.96 Å². The van der Waals surface area contributed by atoms with E-state index in [9.17, 15) is 19.2 Å². The quantitative estimate of drug-likeness (QED) is 0.0893. The molecule has 3 atom stereocenters. The first-order valence-electron chi connectivity index (χ1n) is 9.34. The zero-order valence-corrected chi connectivity index (χ0v) is 17.8. The molecule has 0 amide bonds. The molecule has 182 valence electrons. The first kappa shape index (κ1) is 32.7. The lowest BCUT2D eigenvalue weighted by atomic mass is 10.1. The number of carboxylic acids is 4. The van der Waals surface area contributed by atoms with Gasteiger partial charge in [0, 0.05) is 6.54 Å². The standard InChI is InChI=1S/C7H16N4O2.C6H13NO2.C4H7NO4/c8-5(6(12)13)3-1-2-4-11-7(9)10;1-4(2)3-5(7)6(8)9;5-2(4(8)9)1-3(6)7/h5H,1-4,8H2,(H,12,13)(H4,9,10,11);4-5H,3,7H2,1-2H3,(H,8,9);2H,1,5H2,(H,6,7)(H,8,9)/t2*5-;2-/m000/s1. The highest BCUT2D eigenvalue weighted by atomic mass is 16.4. The number of aliphatic carboxylic acids is 4. The molecule has 14 N–H and O–H groups in total. The van der Waals surface area contributed by atoms with Gasteiger partial charge in [-0.3, -0.25) is 24.2 Å². The van der Waals surface area contributed by atoms with Crippen LogP contribution in [0.1, 0.15) is 46.0 Å². The Kier molecular flexibility index (Phi) is 20.1. The van der Waals surface area contributed by atoms with E-state index in [1.54, 1.807) is 0 Å². The summed E-state index contributed by atoms with van der Waals surface area (Å²) in [6.07, 6.45) is 1.93. The third kappa shape index (κ3) is 27.0. The van der Waals surface area contributed by atoms with Crippen molar-refractivity contribution in [2.75, 3.05) is 6.54 Å². The van der Waals surface area contributed by atoms with Crippen LogP contribution < -0.4 is 28.7 Å². The fourth-order valence-corrected chi connectivity index (χ4v) is 1.69. The fourth-order valence-electron chi connectivity index (χ4n) is 1.69. The van der Waals surface area contributed by atoms with E-state index in [0.717, 1.165) is 6.42 Å². The van der Waals surface area contributed by atoms with Gasteiger partial charge in [0.05, 0.1) is 6.42 Å². The molecule has 0 heterocycles. The molecule has 0 aliphatic carbocycles. The predicted molar refractivity (Wildman–Crippen MR) is 113 cm³/mol. The van der Waals surface area contributed by atoms with Crippen molar-refractivity contribution in [2.45, 2.75) is 64.1 Å². The second-order valence-electron chi connectivity index (χ2n) is 6.86. The number of rotatable bonds is 12. The normalized spacial score (nSPS) is 12.7. The number of nitrogens with zero attached hydrogens (tertiary/aromatic N) is 1. The maximum atomic E-state index is 10.3. The molecule has 31 heavy (non-hydrogen) atoms. The van der Waals surface area contributed by atoms with Gasteiger partial charge >= 0.3 is 23.9 Å². The maximum absolute atomic E-state index is 10.3. The largest absolute Gasteiger partial charge is 0.481 e. The van der Waals surface area contributed by atoms with E-state index < -0.39 is 48.4 Å². The van der Waals surface area contributed by atoms with E-state index in [2.05, 4.69) is 4.99 Å². The average molecular weight is 453 g/mol. The molecule has 0 spiro atoms. The van der Waals surface area contributed by atoms with Crippen LogP contribution in [-0.2, 0) is 19.2 Å². The van der Waals surface area contributed by atoms with E-state index in [1.807, 2.05) is 13.8 Å². The van der Waals surface area contributed by atoms with Crippen LogP contribution in [0.3, 0.4) is 0 Å². The highest BCUT2D eigenvalue weighted by Crippen LogP contribution is 2.01. The number of carbonyl (C=O) groups is 4. The number of nitrogens with two attached hydrogens (primary N) is 5. The highest BCUT2D eigenvalue weighted by Gasteiger charge is 2.14. The van der Waals surface area contributed by atoms with Crippen LogP contribution in [-0.4, -0.2) is 74.9 Å². The van der Waals surface area contributed by atoms with E-state index in [0.29, 0.717) is 31.7 Å². The Hall–Kier alpha value is -2.97. The van der Waals surface area contributed by atoms with E-state index in [4.69, 9.17) is 49.1 Å². The second kappa shape index (κ2) is 19.0. The van der Waals surface area contributed by atoms with Crippen LogP contribution in [0.15, 0.2) is 4.99 Å². The topological polar surface area (TPSA) is 292 Å². The lowest BCUT2D eigenvalue weighted by Crippen LogP contribution is -2.32. The Morgan fingerprint density at radius 2 is 1.23 bits per heavy atom. The molecule has 0 saturated heterocycles. The number of unbranched alkanes of at least 4 members (excludes halogenated alkanes) is 1. The number of guanidine groups is 1. The molecule has 0 aromatic carbocycles. The van der Waals surface area contributed by atoms with E-state index in [1.165, 1.54) is 0 Å². The maximum Gasteiger partial charge on any atom is 0.321 e. The molecule has 14 heteroatoms. The van der Waals surface area contributed by atoms with Gasteiger partial charge in [-0.2, -0.15) is 0 Å². The lowest BCUT2D eigenvalue weighted by Gasteiger charge is -2.07. The number of carboxylic acid groups (broad SMARTS) is 4. The minimum atomic E-state index is -1.29. The van der Waals surface area contributed by atoms with Crippen molar-refractivity contribution in [2.24, 2.45) is 39.6 Å². The number of aliphatic imine (C=N–C) groups is 1. The van der Waals surface area contributed by atoms with Gasteiger partial charge in [0.25, 0.3) is 0 Å². The van der Waals surface area contributed by atoms with Crippen LogP contribution in [0.25, 0.3) is 0 Å². The van der Waals surface area contributed by atoms with Crippen LogP contribution >= 0.6 is 0 Å². The smallest absolute Gasteiger partial charge is 0.321 e. The third-order valence-corrected chi connectivity index (χ3v) is 3.29. The van der Waals surface area contributed by atoms with Crippen molar-refractivity contribution in [3.8, 4) is 0 Å². The Morgan fingerprint density at radius 3 is 1.48 bits per heavy atom. The molecule has 0 saturated carbocycles. The van der Waals surface area contributed by atoms with E-state index >= 15 is 0 Å². The van der Waals surface area contributed by atoms with Gasteiger partial charge in [-0.1, -0.05) is 13.8 Å². The molecule has 0 bridgehead atoms. The second-order valence-corrected chi connectivity index (χ2v) is 6.86. The van der Waals surface area contributed by atoms with Crippen molar-refractivity contribution >= 4 is 29.8 Å². The van der Waals surface area contributed by atoms with Crippen LogP contribution in [0.2, 0.25) is 0 Å². The van der Waals surface area contributed by atoms with Gasteiger partial charge < -0.3 is 49.1 Å². The molecule has 0 aromatic rings. The minimum Gasteiger partial charge on any atom is -0.481 e. The van der Waals surface area contributed by atoms with Crippen molar-refractivity contribution in [1.82, 2.24) is 0 Å². The predicted octanol–water partition coefficient (Wildman–Crippen LogP) is -1.84. The Morgan fingerprint density at radius 1 is 0.774 bits per heavy atom. The van der Waals surface area contributed by atoms with Crippen molar-refractivity contribution in [1.29, 1.82) is 0 Å². The molecule has 14 nitrogen and oxygen atoms in total. The molecule has 0 aliphatic rings. The summed E-state index contributed by atoms with van der Waals surface area (Å²) in [6, 6.07) is -2.76. The molecule has 0 unspecified atom stereocenters. The summed E-state index contributed by atoms with van der Waals surface area (Å²) in [5.74, 6) is -3.97. The molecule has 0 aromatic heterocycles. The van der Waals surface area contributed by atoms with Crippen LogP contribution in [0, 0.1) is 5.92 Å². The Balaban J connectivity index is -0.000000390. The SMILES string of the molecule is CC(C)C[C@H](N)C(=O)O.NC(N)=NCCCC[C@H](N)C(=O)O.N[C@@H](CC(=O)O)C(=O)O. The summed E-state index contributed by atoms with van der Waals surface area (Å²) in [4.78, 5) is 43.8. The first-order chi connectivity index (χ1) is 14.1. The molecule has 0 rings (SSSR count). The lowest BCUT2D eigenvalue weighted by molar-refractivity contribution is -0.144. The molecule has 0 aliphatic heterocycles. The monoisotopic (exact) mass is 452 g/mol. The van der Waals surface area contributed by atoms with Gasteiger partial charge in [0.1, 0.15) is 18.1 Å². The van der Waals surface area contributed by atoms with Gasteiger partial charge in [0.15, 0.2) is 5.96 Å². The van der Waals surface area contributed by atoms with Gasteiger partial charge in [-0.15, -0.1) is 0 Å². The summed E-state index contributed by atoms with van der Waals surface area (Å²) >= 11 is 0. The zero-order chi connectivity index (χ0) is 25.1. The highest BCUT2D eigenvalue weighted by molar-refractivity contribution is 5.80. The zero-order valence-electron chi connectivity index (χ0n) is 17.8. The summed E-state index contributed by atoms with van der Waals surface area (Å²) in [5, 5.41) is 32.8.